The zero-order chi connectivity index (χ0) is 25.2. The number of hydrogen-bond acceptors (Lipinski definition) is 6. The van der Waals surface area contributed by atoms with Crippen LogP contribution in [0.5, 0.6) is 0 Å². The predicted molar refractivity (Wildman–Crippen MR) is 125 cm³/mol. The van der Waals surface area contributed by atoms with Crippen molar-refractivity contribution < 1.29 is 29.0 Å². The standard InChI is InChI=1S/C23H36N4O6/c1-14(2)12-17(19(28)26-16-10-8-7-9-11-16)27-20(29)18(25-15(3)21(30)31)13-24-22(32)33-23(4,5)6/h7-11,14-15,17-18,25H,12-13H2,1-6H3,(H,24,32)(H,26,28)(H,27,29)(H,30,31)/t15-,17+,18+/m1/s1. The Morgan fingerprint density at radius 3 is 2.09 bits per heavy atom. The summed E-state index contributed by atoms with van der Waals surface area (Å²) >= 11 is 0. The van der Waals surface area contributed by atoms with Gasteiger partial charge in [0, 0.05) is 12.2 Å². The van der Waals surface area contributed by atoms with Crippen molar-refractivity contribution >= 4 is 29.6 Å². The summed E-state index contributed by atoms with van der Waals surface area (Å²) in [5.74, 6) is -2.08. The van der Waals surface area contributed by atoms with Crippen LogP contribution in [-0.4, -0.2) is 59.3 Å². The molecule has 0 aliphatic rings. The molecule has 0 heterocycles. The molecule has 0 fully saturated rings. The Kier molecular flexibility index (Phi) is 10.8. The van der Waals surface area contributed by atoms with Crippen LogP contribution in [0.1, 0.15) is 48.0 Å². The van der Waals surface area contributed by atoms with Crippen LogP contribution in [0.25, 0.3) is 0 Å². The smallest absolute Gasteiger partial charge is 0.407 e. The van der Waals surface area contributed by atoms with Crippen molar-refractivity contribution in [2.45, 2.75) is 71.7 Å². The summed E-state index contributed by atoms with van der Waals surface area (Å²) < 4.78 is 5.17. The number of carbonyl (C=O) groups excluding carboxylic acids is 3. The summed E-state index contributed by atoms with van der Waals surface area (Å²) in [6, 6.07) is 5.81. The van der Waals surface area contributed by atoms with Gasteiger partial charge in [0.25, 0.3) is 0 Å². The summed E-state index contributed by atoms with van der Waals surface area (Å²) in [7, 11) is 0. The van der Waals surface area contributed by atoms with Gasteiger partial charge in [-0.1, -0.05) is 32.0 Å². The van der Waals surface area contributed by atoms with Crippen molar-refractivity contribution in [3.05, 3.63) is 30.3 Å². The SMILES string of the molecule is CC(C)C[C@H](NC(=O)[C@H](CNC(=O)OC(C)(C)C)N[C@H](C)C(=O)O)C(=O)Nc1ccccc1. The highest BCUT2D eigenvalue weighted by atomic mass is 16.6. The van der Waals surface area contributed by atoms with Crippen LogP contribution in [0.2, 0.25) is 0 Å². The Hall–Kier alpha value is -3.14. The molecule has 1 aromatic carbocycles. The monoisotopic (exact) mass is 464 g/mol. The number of alkyl carbamates (subject to hydrolysis) is 1. The Labute approximate surface area is 194 Å². The number of carbonyl (C=O) groups is 4. The van der Waals surface area contributed by atoms with Gasteiger partial charge in [-0.05, 0) is 52.2 Å². The highest BCUT2D eigenvalue weighted by Gasteiger charge is 2.29. The van der Waals surface area contributed by atoms with Gasteiger partial charge in [-0.2, -0.15) is 0 Å². The number of anilines is 1. The fourth-order valence-electron chi connectivity index (χ4n) is 2.83. The Bertz CT molecular complexity index is 807. The van der Waals surface area contributed by atoms with E-state index in [1.165, 1.54) is 6.92 Å². The first-order chi connectivity index (χ1) is 15.3. The molecule has 0 saturated carbocycles. The lowest BCUT2D eigenvalue weighted by Crippen LogP contribution is -2.58. The molecule has 184 valence electrons. The number of amides is 3. The van der Waals surface area contributed by atoms with Gasteiger partial charge in [0.1, 0.15) is 23.7 Å². The average Bonchev–Trinajstić information content (AvgIpc) is 2.69. The highest BCUT2D eigenvalue weighted by molar-refractivity contribution is 5.98. The number of benzene rings is 1. The molecule has 3 amide bonds. The number of ether oxygens (including phenoxy) is 1. The summed E-state index contributed by atoms with van der Waals surface area (Å²) in [5.41, 5.74) is -0.145. The van der Waals surface area contributed by atoms with E-state index < -0.39 is 47.6 Å². The molecule has 3 atom stereocenters. The fourth-order valence-corrected chi connectivity index (χ4v) is 2.83. The number of nitrogens with one attached hydrogen (secondary N) is 4. The van der Waals surface area contributed by atoms with Gasteiger partial charge in [0.15, 0.2) is 0 Å². The number of carboxylic acid groups (broad SMARTS) is 1. The van der Waals surface area contributed by atoms with Crippen molar-refractivity contribution in [2.75, 3.05) is 11.9 Å². The van der Waals surface area contributed by atoms with Gasteiger partial charge in [-0.25, -0.2) is 4.79 Å². The number of hydrogen-bond donors (Lipinski definition) is 5. The van der Waals surface area contributed by atoms with E-state index in [1.54, 1.807) is 45.0 Å². The molecular formula is C23H36N4O6. The molecule has 10 heteroatoms. The topological polar surface area (TPSA) is 146 Å². The normalized spacial score (nSPS) is 14.0. The van der Waals surface area contributed by atoms with E-state index in [0.29, 0.717) is 12.1 Å². The van der Waals surface area contributed by atoms with Gasteiger partial charge in [0.05, 0.1) is 0 Å². The lowest BCUT2D eigenvalue weighted by atomic mass is 10.0. The lowest BCUT2D eigenvalue weighted by molar-refractivity contribution is -0.139. The molecule has 10 nitrogen and oxygen atoms in total. The summed E-state index contributed by atoms with van der Waals surface area (Å²) in [6.45, 7) is 10.1. The third-order valence-electron chi connectivity index (χ3n) is 4.37. The number of aliphatic carboxylic acids is 1. The molecule has 0 radical (unpaired) electrons. The van der Waals surface area contributed by atoms with Gasteiger partial charge >= 0.3 is 12.1 Å². The second-order valence-electron chi connectivity index (χ2n) is 9.21. The Morgan fingerprint density at radius 1 is 0.970 bits per heavy atom. The minimum atomic E-state index is -1.16. The first-order valence-corrected chi connectivity index (χ1v) is 10.9. The average molecular weight is 465 g/mol. The first kappa shape index (κ1) is 27.9. The quantitative estimate of drug-likeness (QED) is 0.337. The maximum absolute atomic E-state index is 13.0. The number of carboxylic acids is 1. The molecule has 0 aromatic heterocycles. The van der Waals surface area contributed by atoms with Crippen molar-refractivity contribution in [3.63, 3.8) is 0 Å². The van der Waals surface area contributed by atoms with Crippen LogP contribution >= 0.6 is 0 Å². The van der Waals surface area contributed by atoms with E-state index in [2.05, 4.69) is 21.3 Å². The third kappa shape index (κ3) is 11.3. The molecule has 0 aliphatic carbocycles. The van der Waals surface area contributed by atoms with E-state index >= 15 is 0 Å². The Morgan fingerprint density at radius 2 is 1.58 bits per heavy atom. The summed E-state index contributed by atoms with van der Waals surface area (Å²) in [4.78, 5) is 49.1. The second-order valence-corrected chi connectivity index (χ2v) is 9.21. The highest BCUT2D eigenvalue weighted by Crippen LogP contribution is 2.11. The predicted octanol–water partition coefficient (Wildman–Crippen LogP) is 2.11. The molecule has 5 N–H and O–H groups in total. The maximum Gasteiger partial charge on any atom is 0.407 e. The van der Waals surface area contributed by atoms with Gasteiger partial charge in [-0.3, -0.25) is 19.7 Å². The van der Waals surface area contributed by atoms with Crippen LogP contribution in [0.15, 0.2) is 30.3 Å². The first-order valence-electron chi connectivity index (χ1n) is 10.9. The van der Waals surface area contributed by atoms with E-state index in [0.717, 1.165) is 0 Å². The van der Waals surface area contributed by atoms with Gasteiger partial charge in [-0.15, -0.1) is 0 Å². The minimum absolute atomic E-state index is 0.0982. The van der Waals surface area contributed by atoms with Crippen LogP contribution in [0.4, 0.5) is 10.5 Å². The molecule has 1 rings (SSSR count). The van der Waals surface area contributed by atoms with Crippen LogP contribution in [0, 0.1) is 5.92 Å². The molecule has 0 aliphatic heterocycles. The second kappa shape index (κ2) is 12.8. The summed E-state index contributed by atoms with van der Waals surface area (Å²) in [6.07, 6.45) is -0.379. The Balaban J connectivity index is 2.94. The van der Waals surface area contributed by atoms with E-state index in [4.69, 9.17) is 4.74 Å². The molecule has 0 saturated heterocycles. The van der Waals surface area contributed by atoms with E-state index in [9.17, 15) is 24.3 Å². The molecule has 0 bridgehead atoms. The molecule has 1 aromatic rings. The molecule has 0 spiro atoms. The van der Waals surface area contributed by atoms with Crippen molar-refractivity contribution in [1.29, 1.82) is 0 Å². The molecule has 0 unspecified atom stereocenters. The van der Waals surface area contributed by atoms with Gasteiger partial charge in [0.2, 0.25) is 11.8 Å². The van der Waals surface area contributed by atoms with Crippen LogP contribution < -0.4 is 21.3 Å². The van der Waals surface area contributed by atoms with Crippen LogP contribution in [0.3, 0.4) is 0 Å². The van der Waals surface area contributed by atoms with E-state index in [1.807, 2.05) is 19.9 Å². The maximum atomic E-state index is 13.0. The van der Waals surface area contributed by atoms with Crippen molar-refractivity contribution in [2.24, 2.45) is 5.92 Å². The van der Waals surface area contributed by atoms with Crippen molar-refractivity contribution in [1.82, 2.24) is 16.0 Å². The zero-order valence-electron chi connectivity index (χ0n) is 20.1. The number of para-hydroxylation sites is 1. The van der Waals surface area contributed by atoms with E-state index in [-0.39, 0.29) is 12.5 Å². The fraction of sp³-hybridized carbons (Fsp3) is 0.565. The minimum Gasteiger partial charge on any atom is -0.480 e. The zero-order valence-corrected chi connectivity index (χ0v) is 20.1. The van der Waals surface area contributed by atoms with Gasteiger partial charge < -0.3 is 25.8 Å². The molecule has 33 heavy (non-hydrogen) atoms. The van der Waals surface area contributed by atoms with Crippen LogP contribution in [-0.2, 0) is 19.1 Å². The largest absolute Gasteiger partial charge is 0.480 e. The molecular weight excluding hydrogens is 428 g/mol. The number of rotatable bonds is 11. The third-order valence-corrected chi connectivity index (χ3v) is 4.37. The lowest BCUT2D eigenvalue weighted by Gasteiger charge is -2.26. The van der Waals surface area contributed by atoms with Crippen molar-refractivity contribution in [3.8, 4) is 0 Å². The summed E-state index contributed by atoms with van der Waals surface area (Å²) in [5, 5.41) is 19.8.